The van der Waals surface area contributed by atoms with Gasteiger partial charge in [-0.25, -0.2) is 4.98 Å². The Morgan fingerprint density at radius 3 is 2.56 bits per heavy atom. The van der Waals surface area contributed by atoms with Crippen LogP contribution in [0, 0.1) is 0 Å². The van der Waals surface area contributed by atoms with Crippen molar-refractivity contribution < 1.29 is 4.74 Å². The summed E-state index contributed by atoms with van der Waals surface area (Å²) in [5.41, 5.74) is 0. The normalized spacial score (nSPS) is 10.6. The van der Waals surface area contributed by atoms with E-state index in [1.165, 1.54) is 25.7 Å². The van der Waals surface area contributed by atoms with Crippen LogP contribution in [0.3, 0.4) is 0 Å². The van der Waals surface area contributed by atoms with E-state index in [1.54, 1.807) is 6.07 Å². The Morgan fingerprint density at radius 2 is 1.83 bits per heavy atom. The summed E-state index contributed by atoms with van der Waals surface area (Å²) in [6.45, 7) is 5.02. The van der Waals surface area contributed by atoms with E-state index in [1.807, 2.05) is 0 Å². The first kappa shape index (κ1) is 15.2. The summed E-state index contributed by atoms with van der Waals surface area (Å²) < 4.78 is 5.62. The van der Waals surface area contributed by atoms with Crippen LogP contribution in [-0.2, 0) is 6.42 Å². The van der Waals surface area contributed by atoms with Crippen molar-refractivity contribution in [1.82, 2.24) is 9.97 Å². The summed E-state index contributed by atoms with van der Waals surface area (Å²) >= 11 is 5.94. The third kappa shape index (κ3) is 6.20. The summed E-state index contributed by atoms with van der Waals surface area (Å²) in [6, 6.07) is 1.69. The van der Waals surface area contributed by atoms with Crippen LogP contribution in [0.15, 0.2) is 6.07 Å². The molecule has 0 N–H and O–H groups in total. The SMILES string of the molecule is CCCCCCCOc1cc(Cl)nc(CCC)n1. The van der Waals surface area contributed by atoms with Crippen LogP contribution < -0.4 is 4.74 Å². The van der Waals surface area contributed by atoms with Gasteiger partial charge in [0, 0.05) is 12.5 Å². The van der Waals surface area contributed by atoms with Gasteiger partial charge in [-0.15, -0.1) is 0 Å². The van der Waals surface area contributed by atoms with Crippen molar-refractivity contribution in [3.8, 4) is 5.88 Å². The Kier molecular flexibility index (Phi) is 7.74. The molecule has 1 aromatic rings. The molecular weight excluding hydrogens is 248 g/mol. The molecule has 1 aromatic heterocycles. The predicted molar refractivity (Wildman–Crippen MR) is 75.3 cm³/mol. The summed E-state index contributed by atoms with van der Waals surface area (Å²) in [7, 11) is 0. The standard InChI is InChI=1S/C14H23ClN2O/c1-3-5-6-7-8-10-18-14-11-12(15)16-13(17-14)9-4-2/h11H,3-10H2,1-2H3. The van der Waals surface area contributed by atoms with Gasteiger partial charge in [-0.05, 0) is 12.8 Å². The fourth-order valence-electron chi connectivity index (χ4n) is 1.73. The molecule has 0 aliphatic carbocycles. The minimum Gasteiger partial charge on any atom is -0.478 e. The number of aryl methyl sites for hydroxylation is 1. The molecule has 0 unspecified atom stereocenters. The van der Waals surface area contributed by atoms with Crippen molar-refractivity contribution in [3.63, 3.8) is 0 Å². The molecule has 0 atom stereocenters. The Morgan fingerprint density at radius 1 is 1.06 bits per heavy atom. The van der Waals surface area contributed by atoms with Crippen LogP contribution in [0.1, 0.15) is 58.2 Å². The summed E-state index contributed by atoms with van der Waals surface area (Å²) in [4.78, 5) is 8.51. The Hall–Kier alpha value is -0.830. The predicted octanol–water partition coefficient (Wildman–Crippen LogP) is 4.43. The van der Waals surface area contributed by atoms with Gasteiger partial charge in [0.2, 0.25) is 5.88 Å². The van der Waals surface area contributed by atoms with Gasteiger partial charge in [0.05, 0.1) is 6.61 Å². The number of hydrogen-bond acceptors (Lipinski definition) is 3. The molecule has 0 bridgehead atoms. The zero-order chi connectivity index (χ0) is 13.2. The molecule has 0 radical (unpaired) electrons. The van der Waals surface area contributed by atoms with E-state index in [9.17, 15) is 0 Å². The summed E-state index contributed by atoms with van der Waals surface area (Å²) in [5, 5.41) is 0.467. The molecule has 0 spiro atoms. The molecule has 0 amide bonds. The fraction of sp³-hybridized carbons (Fsp3) is 0.714. The van der Waals surface area contributed by atoms with Crippen molar-refractivity contribution in [3.05, 3.63) is 17.0 Å². The smallest absolute Gasteiger partial charge is 0.218 e. The lowest BCUT2D eigenvalue weighted by Gasteiger charge is -2.07. The number of halogens is 1. The van der Waals surface area contributed by atoms with Gasteiger partial charge in [0.25, 0.3) is 0 Å². The number of nitrogens with zero attached hydrogens (tertiary/aromatic N) is 2. The van der Waals surface area contributed by atoms with E-state index < -0.39 is 0 Å². The molecule has 0 saturated heterocycles. The van der Waals surface area contributed by atoms with Crippen LogP contribution in [0.2, 0.25) is 5.15 Å². The second-order valence-corrected chi connectivity index (χ2v) is 4.85. The zero-order valence-corrected chi connectivity index (χ0v) is 12.2. The first-order valence-electron chi connectivity index (χ1n) is 6.92. The fourth-order valence-corrected chi connectivity index (χ4v) is 1.92. The average molecular weight is 271 g/mol. The lowest BCUT2D eigenvalue weighted by atomic mass is 10.2. The Labute approximate surface area is 115 Å². The van der Waals surface area contributed by atoms with Gasteiger partial charge in [-0.1, -0.05) is 51.1 Å². The lowest BCUT2D eigenvalue weighted by Crippen LogP contribution is -2.02. The van der Waals surface area contributed by atoms with E-state index in [0.717, 1.165) is 25.1 Å². The third-order valence-electron chi connectivity index (χ3n) is 2.69. The highest BCUT2D eigenvalue weighted by Crippen LogP contribution is 2.15. The quantitative estimate of drug-likeness (QED) is 0.492. The van der Waals surface area contributed by atoms with E-state index in [0.29, 0.717) is 17.6 Å². The van der Waals surface area contributed by atoms with Crippen molar-refractivity contribution in [2.75, 3.05) is 6.61 Å². The largest absolute Gasteiger partial charge is 0.478 e. The summed E-state index contributed by atoms with van der Waals surface area (Å²) in [6.07, 6.45) is 8.00. The first-order valence-corrected chi connectivity index (χ1v) is 7.30. The Balaban J connectivity index is 2.32. The first-order chi connectivity index (χ1) is 8.76. The molecule has 0 saturated carbocycles. The molecule has 0 aliphatic heterocycles. The molecule has 4 heteroatoms. The maximum absolute atomic E-state index is 5.94. The minimum absolute atomic E-state index is 0.467. The van der Waals surface area contributed by atoms with E-state index >= 15 is 0 Å². The molecule has 18 heavy (non-hydrogen) atoms. The van der Waals surface area contributed by atoms with Crippen LogP contribution >= 0.6 is 11.6 Å². The highest BCUT2D eigenvalue weighted by molar-refractivity contribution is 6.29. The highest BCUT2D eigenvalue weighted by Gasteiger charge is 2.03. The van der Waals surface area contributed by atoms with Gasteiger partial charge in [-0.2, -0.15) is 4.98 Å². The van der Waals surface area contributed by atoms with Crippen molar-refractivity contribution in [2.24, 2.45) is 0 Å². The molecule has 102 valence electrons. The van der Waals surface area contributed by atoms with Crippen LogP contribution in [0.4, 0.5) is 0 Å². The maximum Gasteiger partial charge on any atom is 0.218 e. The second-order valence-electron chi connectivity index (χ2n) is 4.46. The maximum atomic E-state index is 5.94. The van der Waals surface area contributed by atoms with Crippen LogP contribution in [0.25, 0.3) is 0 Å². The highest BCUT2D eigenvalue weighted by atomic mass is 35.5. The van der Waals surface area contributed by atoms with Crippen molar-refractivity contribution in [1.29, 1.82) is 0 Å². The van der Waals surface area contributed by atoms with Crippen LogP contribution in [0.5, 0.6) is 5.88 Å². The molecule has 1 rings (SSSR count). The number of unbranched alkanes of at least 4 members (excludes halogenated alkanes) is 4. The lowest BCUT2D eigenvalue weighted by molar-refractivity contribution is 0.292. The average Bonchev–Trinajstić information content (AvgIpc) is 2.33. The van der Waals surface area contributed by atoms with Gasteiger partial charge in [0.15, 0.2) is 0 Å². The van der Waals surface area contributed by atoms with E-state index in [-0.39, 0.29) is 0 Å². The molecule has 3 nitrogen and oxygen atoms in total. The topological polar surface area (TPSA) is 35.0 Å². The van der Waals surface area contributed by atoms with Crippen LogP contribution in [-0.4, -0.2) is 16.6 Å². The third-order valence-corrected chi connectivity index (χ3v) is 2.88. The molecule has 0 aromatic carbocycles. The van der Waals surface area contributed by atoms with Gasteiger partial charge < -0.3 is 4.74 Å². The molecule has 0 fully saturated rings. The van der Waals surface area contributed by atoms with E-state index in [2.05, 4.69) is 23.8 Å². The van der Waals surface area contributed by atoms with E-state index in [4.69, 9.17) is 16.3 Å². The zero-order valence-electron chi connectivity index (χ0n) is 11.4. The number of rotatable bonds is 9. The number of ether oxygens (including phenoxy) is 1. The second kappa shape index (κ2) is 9.15. The number of hydrogen-bond donors (Lipinski definition) is 0. The Bertz CT molecular complexity index is 345. The summed E-state index contributed by atoms with van der Waals surface area (Å²) in [5.74, 6) is 1.37. The molecule has 1 heterocycles. The van der Waals surface area contributed by atoms with Gasteiger partial charge >= 0.3 is 0 Å². The van der Waals surface area contributed by atoms with Crippen molar-refractivity contribution >= 4 is 11.6 Å². The van der Waals surface area contributed by atoms with Gasteiger partial charge in [-0.3, -0.25) is 0 Å². The number of aromatic nitrogens is 2. The molecule has 0 aliphatic rings. The van der Waals surface area contributed by atoms with Gasteiger partial charge in [0.1, 0.15) is 11.0 Å². The monoisotopic (exact) mass is 270 g/mol. The van der Waals surface area contributed by atoms with Crippen molar-refractivity contribution in [2.45, 2.75) is 58.8 Å². The molecular formula is C14H23ClN2O. The minimum atomic E-state index is 0.467.